The van der Waals surface area contributed by atoms with Crippen LogP contribution in [0.3, 0.4) is 0 Å². The molecule has 90 valence electrons. The van der Waals surface area contributed by atoms with E-state index in [1.165, 1.54) is 5.56 Å². The van der Waals surface area contributed by atoms with E-state index >= 15 is 0 Å². The molecule has 0 saturated heterocycles. The zero-order valence-electron chi connectivity index (χ0n) is 9.87. The van der Waals surface area contributed by atoms with Crippen molar-refractivity contribution in [1.82, 2.24) is 4.98 Å². The van der Waals surface area contributed by atoms with Gasteiger partial charge in [0.25, 0.3) is 0 Å². The third-order valence-corrected chi connectivity index (χ3v) is 3.78. The van der Waals surface area contributed by atoms with Gasteiger partial charge < -0.3 is 4.98 Å². The van der Waals surface area contributed by atoms with Crippen molar-refractivity contribution >= 4 is 35.1 Å². The zero-order chi connectivity index (χ0) is 12.7. The normalized spacial score (nSPS) is 11.1. The molecule has 0 spiro atoms. The quantitative estimate of drug-likeness (QED) is 0.575. The average molecular weight is 274 g/mol. The van der Waals surface area contributed by atoms with Gasteiger partial charge in [-0.2, -0.15) is 0 Å². The molecule has 1 heterocycles. The average Bonchev–Trinajstić information content (AvgIpc) is 2.68. The molecule has 0 unspecified atom stereocenters. The van der Waals surface area contributed by atoms with Crippen LogP contribution in [0.25, 0.3) is 22.2 Å². The molecule has 0 aliphatic heterocycles. The highest BCUT2D eigenvalue weighted by Crippen LogP contribution is 2.33. The summed E-state index contributed by atoms with van der Waals surface area (Å²) in [6, 6.07) is 14.1. The Bertz CT molecular complexity index is 713. The van der Waals surface area contributed by atoms with Gasteiger partial charge in [-0.3, -0.25) is 0 Å². The van der Waals surface area contributed by atoms with Gasteiger partial charge in [-0.05, 0) is 36.8 Å². The number of aromatic nitrogens is 1. The molecule has 0 bridgehead atoms. The van der Waals surface area contributed by atoms with Gasteiger partial charge in [0.05, 0.1) is 5.69 Å². The van der Waals surface area contributed by atoms with E-state index in [0.29, 0.717) is 0 Å². The van der Waals surface area contributed by atoms with Crippen LogP contribution in [-0.2, 0) is 0 Å². The van der Waals surface area contributed by atoms with E-state index in [-0.39, 0.29) is 0 Å². The van der Waals surface area contributed by atoms with E-state index in [2.05, 4.69) is 42.7 Å². The van der Waals surface area contributed by atoms with Gasteiger partial charge in [0.15, 0.2) is 0 Å². The van der Waals surface area contributed by atoms with Crippen LogP contribution in [-0.4, -0.2) is 4.98 Å². The molecule has 18 heavy (non-hydrogen) atoms. The van der Waals surface area contributed by atoms with Gasteiger partial charge in [-0.1, -0.05) is 35.4 Å². The van der Waals surface area contributed by atoms with Crippen molar-refractivity contribution in [2.45, 2.75) is 11.8 Å². The first kappa shape index (κ1) is 11.7. The van der Waals surface area contributed by atoms with Crippen LogP contribution < -0.4 is 0 Å². The van der Waals surface area contributed by atoms with E-state index in [0.717, 1.165) is 32.1 Å². The maximum Gasteiger partial charge on any atom is 0.0600 e. The van der Waals surface area contributed by atoms with Gasteiger partial charge in [0, 0.05) is 20.8 Å². The molecule has 1 N–H and O–H groups in total. The molecule has 3 rings (SSSR count). The lowest BCUT2D eigenvalue weighted by molar-refractivity contribution is 1.40. The molecule has 0 radical (unpaired) electrons. The Labute approximate surface area is 116 Å². The summed E-state index contributed by atoms with van der Waals surface area (Å²) in [4.78, 5) is 4.39. The van der Waals surface area contributed by atoms with Gasteiger partial charge in [-0.25, -0.2) is 0 Å². The topological polar surface area (TPSA) is 15.8 Å². The molecule has 0 aliphatic carbocycles. The number of nitrogens with one attached hydrogen (secondary N) is 1. The Morgan fingerprint density at radius 1 is 1.06 bits per heavy atom. The second kappa shape index (κ2) is 4.38. The molecule has 0 saturated carbocycles. The molecule has 0 amide bonds. The Morgan fingerprint density at radius 2 is 1.78 bits per heavy atom. The number of hydrogen-bond donors (Lipinski definition) is 2. The van der Waals surface area contributed by atoms with Crippen molar-refractivity contribution in [2.75, 3.05) is 0 Å². The molecule has 1 aromatic heterocycles. The van der Waals surface area contributed by atoms with Crippen LogP contribution in [0.1, 0.15) is 5.56 Å². The summed E-state index contributed by atoms with van der Waals surface area (Å²) >= 11 is 10.5. The Balaban J connectivity index is 2.23. The van der Waals surface area contributed by atoms with E-state index in [1.54, 1.807) is 0 Å². The van der Waals surface area contributed by atoms with Crippen molar-refractivity contribution in [1.29, 1.82) is 0 Å². The fourth-order valence-electron chi connectivity index (χ4n) is 2.12. The van der Waals surface area contributed by atoms with Crippen molar-refractivity contribution in [2.24, 2.45) is 0 Å². The minimum atomic E-state index is 0.742. The standard InChI is InChI=1S/C15H12ClNS/c1-9-2-7-13-12(8-9)15(18)14(17-13)10-3-5-11(16)6-4-10/h2-8,17-18H,1H3. The van der Waals surface area contributed by atoms with E-state index in [4.69, 9.17) is 11.6 Å². The Hall–Kier alpha value is -1.38. The van der Waals surface area contributed by atoms with Gasteiger partial charge in [0.2, 0.25) is 0 Å². The number of aromatic amines is 1. The Kier molecular flexibility index (Phi) is 2.84. The molecule has 0 aliphatic rings. The Morgan fingerprint density at radius 3 is 2.50 bits per heavy atom. The first-order valence-corrected chi connectivity index (χ1v) is 6.55. The van der Waals surface area contributed by atoms with Crippen LogP contribution in [0.4, 0.5) is 0 Å². The molecule has 3 aromatic rings. The first-order chi connectivity index (χ1) is 8.65. The molecule has 3 heteroatoms. The number of rotatable bonds is 1. The molecular formula is C15H12ClNS. The summed E-state index contributed by atoms with van der Waals surface area (Å²) in [5, 5.41) is 1.90. The second-order valence-corrected chi connectivity index (χ2v) is 5.29. The van der Waals surface area contributed by atoms with E-state index in [9.17, 15) is 0 Å². The predicted molar refractivity (Wildman–Crippen MR) is 80.7 cm³/mol. The fraction of sp³-hybridized carbons (Fsp3) is 0.0667. The molecule has 2 aromatic carbocycles. The van der Waals surface area contributed by atoms with E-state index < -0.39 is 0 Å². The van der Waals surface area contributed by atoms with Crippen molar-refractivity contribution in [3.63, 3.8) is 0 Å². The number of H-pyrrole nitrogens is 1. The van der Waals surface area contributed by atoms with Crippen molar-refractivity contribution in [3.05, 3.63) is 53.1 Å². The lowest BCUT2D eigenvalue weighted by Gasteiger charge is -1.99. The first-order valence-electron chi connectivity index (χ1n) is 5.72. The third-order valence-electron chi connectivity index (χ3n) is 3.06. The van der Waals surface area contributed by atoms with Gasteiger partial charge in [-0.15, -0.1) is 12.6 Å². The number of benzene rings is 2. The summed E-state index contributed by atoms with van der Waals surface area (Å²) in [5.41, 5.74) is 4.48. The van der Waals surface area contributed by atoms with Crippen molar-refractivity contribution in [3.8, 4) is 11.3 Å². The molecule has 0 atom stereocenters. The molecule has 1 nitrogen and oxygen atoms in total. The molecule has 0 fully saturated rings. The number of aryl methyl sites for hydroxylation is 1. The highest BCUT2D eigenvalue weighted by molar-refractivity contribution is 7.80. The summed E-state index contributed by atoms with van der Waals surface area (Å²) in [6.45, 7) is 2.08. The SMILES string of the molecule is Cc1ccc2[nH]c(-c3ccc(Cl)cc3)c(S)c2c1. The van der Waals surface area contributed by atoms with Crippen LogP contribution in [0, 0.1) is 6.92 Å². The number of hydrogen-bond acceptors (Lipinski definition) is 1. The maximum absolute atomic E-state index is 5.91. The molecular weight excluding hydrogens is 262 g/mol. The van der Waals surface area contributed by atoms with Crippen LogP contribution >= 0.6 is 24.2 Å². The van der Waals surface area contributed by atoms with E-state index in [1.807, 2.05) is 24.3 Å². The lowest BCUT2D eigenvalue weighted by atomic mass is 10.1. The van der Waals surface area contributed by atoms with Crippen LogP contribution in [0.5, 0.6) is 0 Å². The monoisotopic (exact) mass is 273 g/mol. The summed E-state index contributed by atoms with van der Waals surface area (Å²) in [6.07, 6.45) is 0. The number of thiol groups is 1. The summed E-state index contributed by atoms with van der Waals surface area (Å²) in [5.74, 6) is 0. The lowest BCUT2D eigenvalue weighted by Crippen LogP contribution is -1.77. The minimum absolute atomic E-state index is 0.742. The van der Waals surface area contributed by atoms with Crippen LogP contribution in [0.2, 0.25) is 5.02 Å². The largest absolute Gasteiger partial charge is 0.354 e. The van der Waals surface area contributed by atoms with Gasteiger partial charge in [0.1, 0.15) is 0 Å². The highest BCUT2D eigenvalue weighted by Gasteiger charge is 2.10. The fourth-order valence-corrected chi connectivity index (χ4v) is 2.61. The second-order valence-electron chi connectivity index (χ2n) is 4.40. The predicted octanol–water partition coefficient (Wildman–Crippen LogP) is 5.09. The number of halogens is 1. The number of fused-ring (bicyclic) bond motifs is 1. The maximum atomic E-state index is 5.91. The summed E-state index contributed by atoms with van der Waals surface area (Å²) < 4.78 is 0. The minimum Gasteiger partial charge on any atom is -0.354 e. The van der Waals surface area contributed by atoms with Crippen molar-refractivity contribution < 1.29 is 0 Å². The smallest absolute Gasteiger partial charge is 0.0600 e. The third kappa shape index (κ3) is 1.92. The van der Waals surface area contributed by atoms with Gasteiger partial charge >= 0.3 is 0 Å². The zero-order valence-corrected chi connectivity index (χ0v) is 11.5. The van der Waals surface area contributed by atoms with Crippen LogP contribution in [0.15, 0.2) is 47.4 Å². The summed E-state index contributed by atoms with van der Waals surface area (Å²) in [7, 11) is 0. The highest BCUT2D eigenvalue weighted by atomic mass is 35.5.